The Morgan fingerprint density at radius 1 is 0.894 bits per heavy atom. The molecule has 0 amide bonds. The van der Waals surface area contributed by atoms with E-state index in [-0.39, 0.29) is 28.6 Å². The maximum atomic E-state index is 14.1. The van der Waals surface area contributed by atoms with Crippen molar-refractivity contribution in [2.75, 3.05) is 6.61 Å². The number of rotatable bonds is 8. The Hall–Kier alpha value is -0.890. The third kappa shape index (κ3) is 4.80. The van der Waals surface area contributed by atoms with Crippen LogP contribution in [0, 0.1) is 50.7 Å². The molecule has 0 aromatic heterocycles. The fourth-order valence-electron chi connectivity index (χ4n) is 12.7. The molecule has 6 aliphatic rings. The molecule has 5 aliphatic carbocycles. The highest BCUT2D eigenvalue weighted by Gasteiger charge is 2.85. The number of esters is 1. The van der Waals surface area contributed by atoms with Gasteiger partial charge in [0.15, 0.2) is 0 Å². The quantitative estimate of drug-likeness (QED) is 0.175. The lowest BCUT2D eigenvalue weighted by molar-refractivity contribution is -0.300. The van der Waals surface area contributed by atoms with E-state index in [9.17, 15) is 45.6 Å². The fraction of sp³-hybridized carbons (Fsp3) is 0.972. The number of aliphatic hydroxyl groups is 8. The molecule has 0 aromatic rings. The Morgan fingerprint density at radius 3 is 2.19 bits per heavy atom. The van der Waals surface area contributed by atoms with E-state index in [2.05, 4.69) is 20.8 Å². The van der Waals surface area contributed by atoms with Crippen LogP contribution in [0.1, 0.15) is 106 Å². The molecule has 0 unspecified atom stereocenters. The van der Waals surface area contributed by atoms with E-state index in [1.54, 1.807) is 20.8 Å². The van der Waals surface area contributed by atoms with Gasteiger partial charge in [-0.25, -0.2) is 0 Å². The lowest BCUT2D eigenvalue weighted by atomic mass is 9.41. The topological polar surface area (TPSA) is 197 Å². The Morgan fingerprint density at radius 2 is 1.55 bits per heavy atom. The third-order valence-electron chi connectivity index (χ3n) is 15.8. The van der Waals surface area contributed by atoms with Gasteiger partial charge in [0.05, 0.1) is 35.9 Å². The summed E-state index contributed by atoms with van der Waals surface area (Å²) in [4.78, 5) is 14.1. The van der Waals surface area contributed by atoms with E-state index in [0.717, 1.165) is 44.9 Å². The van der Waals surface area contributed by atoms with Gasteiger partial charge in [0.25, 0.3) is 0 Å². The van der Waals surface area contributed by atoms with Crippen LogP contribution in [0.15, 0.2) is 0 Å². The van der Waals surface area contributed by atoms with Gasteiger partial charge in [-0.1, -0.05) is 20.8 Å². The second-order valence-electron chi connectivity index (χ2n) is 17.9. The Kier molecular flexibility index (Phi) is 8.84. The molecule has 11 nitrogen and oxygen atoms in total. The van der Waals surface area contributed by atoms with E-state index >= 15 is 0 Å². The van der Waals surface area contributed by atoms with Gasteiger partial charge in [-0.3, -0.25) is 4.79 Å². The zero-order valence-electron chi connectivity index (χ0n) is 29.0. The minimum absolute atomic E-state index is 0.0243. The van der Waals surface area contributed by atoms with Crippen molar-refractivity contribution in [3.8, 4) is 0 Å². The maximum absolute atomic E-state index is 14.1. The van der Waals surface area contributed by atoms with Gasteiger partial charge in [0, 0.05) is 11.8 Å². The van der Waals surface area contributed by atoms with Crippen LogP contribution < -0.4 is 0 Å². The first-order valence-electron chi connectivity index (χ1n) is 18.0. The normalized spacial score (nSPS) is 53.6. The van der Waals surface area contributed by atoms with Crippen LogP contribution in [0.5, 0.6) is 0 Å². The smallest absolute Gasteiger partial charge is 0.317 e. The predicted octanol–water partition coefficient (Wildman–Crippen LogP) is 1.63. The van der Waals surface area contributed by atoms with Gasteiger partial charge in [0.2, 0.25) is 6.29 Å². The largest absolute Gasteiger partial charge is 0.432 e. The zero-order chi connectivity index (χ0) is 34.7. The van der Waals surface area contributed by atoms with E-state index in [4.69, 9.17) is 9.47 Å². The second-order valence-corrected chi connectivity index (χ2v) is 17.9. The molecule has 5 saturated carbocycles. The number of aliphatic hydroxyl groups excluding tert-OH is 7. The van der Waals surface area contributed by atoms with Gasteiger partial charge < -0.3 is 50.3 Å². The standard InChI is InChI=1S/C36H60O11/c1-18(7-10-23(38)31(2,3)45)19-11-12-33(5)21-8-9-22-34(6,30(44)47-29-28(43)27(42)26(41)20(16-37)46-29)24(39)15-25(40)36(22)17-35(21,36)14-13-32(19,33)4/h18-29,37-43,45H,7-17H2,1-6H3/t18-,19+,20+,21-,22+,23-,24+,25-,26-,27-,28-,29-,32-,33+,34+,35-,36+/m1/s1. The average molecular weight is 669 g/mol. The molecule has 2 spiro atoms. The van der Waals surface area contributed by atoms with Crippen LogP contribution in [0.3, 0.4) is 0 Å². The molecule has 17 atom stereocenters. The van der Waals surface area contributed by atoms with Gasteiger partial charge in [0.1, 0.15) is 24.4 Å². The van der Waals surface area contributed by atoms with Crippen molar-refractivity contribution in [2.24, 2.45) is 50.7 Å². The molecule has 1 aliphatic heterocycles. The summed E-state index contributed by atoms with van der Waals surface area (Å²) in [6.07, 6.45) is -2.81. The first-order valence-corrected chi connectivity index (χ1v) is 18.0. The van der Waals surface area contributed by atoms with Crippen LogP contribution in [0.4, 0.5) is 0 Å². The number of carbonyl (C=O) groups excluding carboxylic acids is 1. The van der Waals surface area contributed by atoms with E-state index in [1.807, 2.05) is 0 Å². The maximum Gasteiger partial charge on any atom is 0.317 e. The molecule has 6 fully saturated rings. The molecular weight excluding hydrogens is 608 g/mol. The number of carbonyl (C=O) groups is 1. The summed E-state index contributed by atoms with van der Waals surface area (Å²) in [5, 5.41) is 84.8. The summed E-state index contributed by atoms with van der Waals surface area (Å²) >= 11 is 0. The van der Waals surface area contributed by atoms with Crippen LogP contribution in [0.2, 0.25) is 0 Å². The Labute approximate surface area is 278 Å². The predicted molar refractivity (Wildman–Crippen MR) is 169 cm³/mol. The zero-order valence-corrected chi connectivity index (χ0v) is 29.0. The average Bonchev–Trinajstić information content (AvgIpc) is 3.62. The van der Waals surface area contributed by atoms with Crippen molar-refractivity contribution >= 4 is 5.97 Å². The fourth-order valence-corrected chi connectivity index (χ4v) is 12.7. The first kappa shape index (κ1) is 35.9. The highest BCUT2D eigenvalue weighted by Crippen LogP contribution is 2.89. The minimum atomic E-state index is -1.74. The summed E-state index contributed by atoms with van der Waals surface area (Å²) < 4.78 is 11.2. The van der Waals surface area contributed by atoms with Gasteiger partial charge >= 0.3 is 5.97 Å². The van der Waals surface area contributed by atoms with Gasteiger partial charge in [-0.05, 0) is 118 Å². The molecule has 0 aromatic carbocycles. The van der Waals surface area contributed by atoms with Crippen molar-refractivity contribution in [3.63, 3.8) is 0 Å². The van der Waals surface area contributed by atoms with E-state index in [0.29, 0.717) is 30.6 Å². The molecule has 1 saturated heterocycles. The van der Waals surface area contributed by atoms with Crippen molar-refractivity contribution in [1.29, 1.82) is 0 Å². The van der Waals surface area contributed by atoms with Crippen LogP contribution >= 0.6 is 0 Å². The number of hydrogen-bond donors (Lipinski definition) is 8. The van der Waals surface area contributed by atoms with Crippen molar-refractivity contribution in [2.45, 2.75) is 160 Å². The SMILES string of the molecule is C[C@H](CC[C@@H](O)C(C)(C)O)[C@@H]1CC[C@@]2(C)[C@H]3CC[C@H]4[C@](C)(C(=O)O[C@H]5O[C@@H](CO)[C@@H](O)[C@@H](O)[C@H]5O)[C@@H](O)C[C@@H](O)[C@]45C[C@]35CC[C@]12C. The lowest BCUT2D eigenvalue weighted by Crippen LogP contribution is -2.65. The van der Waals surface area contributed by atoms with Crippen LogP contribution in [-0.4, -0.2) is 108 Å². The highest BCUT2D eigenvalue weighted by atomic mass is 16.7. The lowest BCUT2D eigenvalue weighted by Gasteiger charge is -2.63. The summed E-state index contributed by atoms with van der Waals surface area (Å²) in [6.45, 7) is 11.5. The van der Waals surface area contributed by atoms with Crippen molar-refractivity contribution < 1.29 is 55.1 Å². The number of hydrogen-bond acceptors (Lipinski definition) is 11. The molecule has 11 heteroatoms. The van der Waals surface area contributed by atoms with E-state index < -0.39 is 78.0 Å². The summed E-state index contributed by atoms with van der Waals surface area (Å²) in [5.74, 6) is 0.0620. The second kappa shape index (κ2) is 11.6. The summed E-state index contributed by atoms with van der Waals surface area (Å²) in [7, 11) is 0. The van der Waals surface area contributed by atoms with Gasteiger partial charge in [-0.15, -0.1) is 0 Å². The van der Waals surface area contributed by atoms with E-state index in [1.165, 1.54) is 0 Å². The molecule has 8 N–H and O–H groups in total. The summed E-state index contributed by atoms with van der Waals surface area (Å²) in [5.41, 5.74) is -3.15. The molecular formula is C36H60O11. The van der Waals surface area contributed by atoms with Gasteiger partial charge in [-0.2, -0.15) is 0 Å². The van der Waals surface area contributed by atoms with Crippen LogP contribution in [-0.2, 0) is 14.3 Å². The Bertz CT molecular complexity index is 1210. The number of fused-ring (bicyclic) bond motifs is 2. The minimum Gasteiger partial charge on any atom is -0.432 e. The molecule has 0 bridgehead atoms. The Balaban J connectivity index is 1.24. The molecule has 0 radical (unpaired) electrons. The first-order chi connectivity index (χ1) is 21.8. The molecule has 270 valence electrons. The number of ether oxygens (including phenoxy) is 2. The monoisotopic (exact) mass is 668 g/mol. The highest BCUT2D eigenvalue weighted by molar-refractivity contribution is 5.78. The summed E-state index contributed by atoms with van der Waals surface area (Å²) in [6, 6.07) is 0. The molecule has 47 heavy (non-hydrogen) atoms. The molecule has 6 rings (SSSR count). The van der Waals surface area contributed by atoms with Crippen LogP contribution in [0.25, 0.3) is 0 Å². The molecule has 1 heterocycles. The third-order valence-corrected chi connectivity index (χ3v) is 15.8. The van der Waals surface area contributed by atoms with Crippen molar-refractivity contribution in [1.82, 2.24) is 0 Å². The van der Waals surface area contributed by atoms with Crippen molar-refractivity contribution in [3.05, 3.63) is 0 Å².